The fourth-order valence-electron chi connectivity index (χ4n) is 8.83. The van der Waals surface area contributed by atoms with E-state index in [9.17, 15) is 4.79 Å². The van der Waals surface area contributed by atoms with Gasteiger partial charge >= 0.3 is 0 Å². The molecule has 1 N–H and O–H groups in total. The second-order valence-corrected chi connectivity index (χ2v) is 12.3. The third-order valence-corrected chi connectivity index (χ3v) is 10.5. The van der Waals surface area contributed by atoms with Crippen LogP contribution in [0.4, 0.5) is 0 Å². The first-order valence-electron chi connectivity index (χ1n) is 13.9. The van der Waals surface area contributed by atoms with Crippen LogP contribution in [0.15, 0.2) is 11.6 Å². The molecular formula is C29H49NO2. The average Bonchev–Trinajstić information content (AvgIpc) is 3.10. The van der Waals surface area contributed by atoms with Gasteiger partial charge in [-0.1, -0.05) is 51.7 Å². The van der Waals surface area contributed by atoms with Gasteiger partial charge in [-0.05, 0) is 99.2 Å². The smallest absolute Gasteiger partial charge is 0.217 e. The summed E-state index contributed by atoms with van der Waals surface area (Å²) in [7, 11) is 0. The Morgan fingerprint density at radius 3 is 2.69 bits per heavy atom. The largest absolute Gasteiger partial charge is 0.378 e. The lowest BCUT2D eigenvalue weighted by atomic mass is 9.47. The van der Waals surface area contributed by atoms with E-state index in [1.807, 2.05) is 0 Å². The molecule has 3 fully saturated rings. The van der Waals surface area contributed by atoms with Crippen molar-refractivity contribution in [2.45, 2.75) is 124 Å². The second kappa shape index (κ2) is 9.80. The Bertz CT molecular complexity index is 701. The first-order chi connectivity index (χ1) is 15.3. The summed E-state index contributed by atoms with van der Waals surface area (Å²) in [6.45, 7) is 12.3. The van der Waals surface area contributed by atoms with E-state index in [4.69, 9.17) is 4.74 Å². The van der Waals surface area contributed by atoms with Crippen LogP contribution in [0.3, 0.4) is 0 Å². The van der Waals surface area contributed by atoms with Crippen LogP contribution in [-0.4, -0.2) is 24.7 Å². The maximum absolute atomic E-state index is 11.7. The van der Waals surface area contributed by atoms with Crippen LogP contribution in [0.1, 0.15) is 112 Å². The van der Waals surface area contributed by atoms with Crippen molar-refractivity contribution in [1.82, 2.24) is 5.32 Å². The summed E-state index contributed by atoms with van der Waals surface area (Å²) in [6, 6.07) is 0.300. The zero-order valence-electron chi connectivity index (χ0n) is 21.6. The van der Waals surface area contributed by atoms with Crippen LogP contribution >= 0.6 is 0 Å². The molecule has 0 heterocycles. The van der Waals surface area contributed by atoms with E-state index in [2.05, 4.69) is 39.1 Å². The number of unbranched alkanes of at least 4 members (excludes halogenated alkanes) is 3. The molecule has 0 aromatic carbocycles. The Morgan fingerprint density at radius 2 is 1.94 bits per heavy atom. The number of nitrogens with one attached hydrogen (secondary N) is 1. The Balaban J connectivity index is 1.41. The van der Waals surface area contributed by atoms with Gasteiger partial charge in [0.2, 0.25) is 5.91 Å². The summed E-state index contributed by atoms with van der Waals surface area (Å²) in [5.74, 6) is 3.27. The minimum atomic E-state index is 0.125. The van der Waals surface area contributed by atoms with Crippen LogP contribution in [0.25, 0.3) is 0 Å². The van der Waals surface area contributed by atoms with Gasteiger partial charge in [0.25, 0.3) is 0 Å². The minimum Gasteiger partial charge on any atom is -0.378 e. The quantitative estimate of drug-likeness (QED) is 0.322. The van der Waals surface area contributed by atoms with Crippen LogP contribution in [0, 0.1) is 34.5 Å². The molecule has 3 saturated carbocycles. The van der Waals surface area contributed by atoms with Crippen molar-refractivity contribution in [2.24, 2.45) is 34.5 Å². The molecule has 3 heteroatoms. The van der Waals surface area contributed by atoms with Gasteiger partial charge in [0.05, 0.1) is 6.10 Å². The lowest BCUT2D eigenvalue weighted by Gasteiger charge is -2.58. The molecule has 0 spiro atoms. The van der Waals surface area contributed by atoms with E-state index < -0.39 is 0 Å². The third kappa shape index (κ3) is 4.44. The van der Waals surface area contributed by atoms with Gasteiger partial charge in [-0.25, -0.2) is 0 Å². The molecule has 0 aromatic rings. The fraction of sp³-hybridized carbons (Fsp3) is 0.897. The molecule has 4 rings (SSSR count). The number of amides is 1. The number of hydrogen-bond donors (Lipinski definition) is 1. The predicted octanol–water partition coefficient (Wildman–Crippen LogP) is 7.06. The number of carbonyl (C=O) groups excluding carboxylic acids is 1. The summed E-state index contributed by atoms with van der Waals surface area (Å²) >= 11 is 0. The molecular weight excluding hydrogens is 394 g/mol. The lowest BCUT2D eigenvalue weighted by Crippen LogP contribution is -2.52. The van der Waals surface area contributed by atoms with Crippen LogP contribution in [0.5, 0.6) is 0 Å². The van der Waals surface area contributed by atoms with Gasteiger partial charge in [-0.2, -0.15) is 0 Å². The van der Waals surface area contributed by atoms with Crippen molar-refractivity contribution >= 4 is 5.91 Å². The summed E-state index contributed by atoms with van der Waals surface area (Å²) in [4.78, 5) is 11.7. The van der Waals surface area contributed by atoms with E-state index in [1.54, 1.807) is 12.5 Å². The van der Waals surface area contributed by atoms with Crippen LogP contribution < -0.4 is 5.32 Å². The molecule has 0 saturated heterocycles. The molecule has 3 nitrogen and oxygen atoms in total. The standard InChI is InChI=1S/C29H49NO2/c1-6-7-8-9-18-32-23-14-16-28(4)22(19-23)10-11-24-26-13-12-25(20(2)30-21(3)31)29(26,5)17-15-27(24)28/h10,20,23-27H,6-9,11-19H2,1-5H3,(H,30,31)/t20-,23+,24?,25-,26?,27?,28+,29-/m1/s1. The first-order valence-corrected chi connectivity index (χ1v) is 13.9. The van der Waals surface area contributed by atoms with E-state index in [0.717, 1.165) is 24.4 Å². The van der Waals surface area contributed by atoms with Crippen molar-refractivity contribution in [3.8, 4) is 0 Å². The number of hydrogen-bond acceptors (Lipinski definition) is 2. The summed E-state index contributed by atoms with van der Waals surface area (Å²) in [5, 5.41) is 3.24. The van der Waals surface area contributed by atoms with Crippen molar-refractivity contribution in [3.63, 3.8) is 0 Å². The Labute approximate surface area is 197 Å². The second-order valence-electron chi connectivity index (χ2n) is 12.3. The van der Waals surface area contributed by atoms with E-state index in [0.29, 0.717) is 28.9 Å². The van der Waals surface area contributed by atoms with E-state index in [-0.39, 0.29) is 5.91 Å². The van der Waals surface area contributed by atoms with E-state index in [1.165, 1.54) is 77.0 Å². The highest BCUT2D eigenvalue weighted by Gasteiger charge is 2.59. The monoisotopic (exact) mass is 443 g/mol. The first kappa shape index (κ1) is 24.3. The third-order valence-electron chi connectivity index (χ3n) is 10.5. The van der Waals surface area contributed by atoms with Crippen LogP contribution in [-0.2, 0) is 9.53 Å². The number of rotatable bonds is 8. The van der Waals surface area contributed by atoms with Gasteiger partial charge in [-0.15, -0.1) is 0 Å². The highest BCUT2D eigenvalue weighted by Crippen LogP contribution is 2.66. The molecule has 3 unspecified atom stereocenters. The number of allylic oxidation sites excluding steroid dienone is 1. The van der Waals surface area contributed by atoms with E-state index >= 15 is 0 Å². The molecule has 0 aliphatic heterocycles. The Hall–Kier alpha value is -0.830. The highest BCUT2D eigenvalue weighted by molar-refractivity contribution is 5.73. The normalized spacial score (nSPS) is 41.8. The molecule has 0 radical (unpaired) electrons. The molecule has 4 aliphatic rings. The summed E-state index contributed by atoms with van der Waals surface area (Å²) in [6.07, 6.45) is 18.7. The van der Waals surface area contributed by atoms with Crippen molar-refractivity contribution in [1.29, 1.82) is 0 Å². The molecule has 8 atom stereocenters. The Kier molecular flexibility index (Phi) is 7.45. The van der Waals surface area contributed by atoms with Gasteiger partial charge < -0.3 is 10.1 Å². The maximum atomic E-state index is 11.7. The maximum Gasteiger partial charge on any atom is 0.217 e. The molecule has 4 aliphatic carbocycles. The summed E-state index contributed by atoms with van der Waals surface area (Å²) < 4.78 is 6.34. The van der Waals surface area contributed by atoms with Gasteiger partial charge in [0, 0.05) is 19.6 Å². The predicted molar refractivity (Wildman–Crippen MR) is 132 cm³/mol. The lowest BCUT2D eigenvalue weighted by molar-refractivity contribution is -0.120. The van der Waals surface area contributed by atoms with Gasteiger partial charge in [-0.3, -0.25) is 4.79 Å². The van der Waals surface area contributed by atoms with Crippen molar-refractivity contribution in [3.05, 3.63) is 11.6 Å². The summed E-state index contributed by atoms with van der Waals surface area (Å²) in [5.41, 5.74) is 2.52. The molecule has 182 valence electrons. The molecule has 0 aromatic heterocycles. The number of ether oxygens (including phenoxy) is 1. The average molecular weight is 444 g/mol. The van der Waals surface area contributed by atoms with Crippen molar-refractivity contribution in [2.75, 3.05) is 6.61 Å². The zero-order chi connectivity index (χ0) is 22.9. The minimum absolute atomic E-state index is 0.125. The molecule has 32 heavy (non-hydrogen) atoms. The van der Waals surface area contributed by atoms with Gasteiger partial charge in [0.15, 0.2) is 0 Å². The fourth-order valence-corrected chi connectivity index (χ4v) is 8.83. The Morgan fingerprint density at radius 1 is 1.12 bits per heavy atom. The number of fused-ring (bicyclic) bond motifs is 5. The number of carbonyl (C=O) groups is 1. The molecule has 0 bridgehead atoms. The SMILES string of the molecule is CCCCCCO[C@H]1CC[C@@]2(C)C(=CCC3C2CC[C@@]2(C)C3CC[C@@H]2[C@@H](C)NC(C)=O)C1. The van der Waals surface area contributed by atoms with Crippen LogP contribution in [0.2, 0.25) is 0 Å². The molecule has 1 amide bonds. The zero-order valence-corrected chi connectivity index (χ0v) is 21.6. The topological polar surface area (TPSA) is 38.3 Å². The van der Waals surface area contributed by atoms with Crippen molar-refractivity contribution < 1.29 is 9.53 Å². The highest BCUT2D eigenvalue weighted by atomic mass is 16.5. The van der Waals surface area contributed by atoms with Gasteiger partial charge in [0.1, 0.15) is 0 Å².